The Balaban J connectivity index is 2.13. The van der Waals surface area contributed by atoms with Gasteiger partial charge in [-0.1, -0.05) is 35.2 Å². The van der Waals surface area contributed by atoms with Crippen molar-refractivity contribution in [3.63, 3.8) is 0 Å². The van der Waals surface area contributed by atoms with Gasteiger partial charge in [-0.3, -0.25) is 0 Å². The van der Waals surface area contributed by atoms with Crippen LogP contribution in [0.15, 0.2) is 0 Å². The second-order valence-corrected chi connectivity index (χ2v) is 8.96. The SMILES string of the molecule is CC1CCCCN1S(=O)(=O)N(C)C1CCCCC1Br. The fourth-order valence-electron chi connectivity index (χ4n) is 3.23. The summed E-state index contributed by atoms with van der Waals surface area (Å²) < 4.78 is 28.9. The lowest BCUT2D eigenvalue weighted by atomic mass is 9.96. The maximum absolute atomic E-state index is 12.8. The largest absolute Gasteiger partial charge is 0.282 e. The first-order chi connectivity index (χ1) is 8.94. The van der Waals surface area contributed by atoms with Crippen molar-refractivity contribution in [2.75, 3.05) is 13.6 Å². The van der Waals surface area contributed by atoms with Crippen LogP contribution < -0.4 is 0 Å². The molecular formula is C13H25BrN2O2S. The summed E-state index contributed by atoms with van der Waals surface area (Å²) in [5.41, 5.74) is 0. The number of halogens is 1. The molecule has 0 spiro atoms. The lowest BCUT2D eigenvalue weighted by Crippen LogP contribution is -2.53. The van der Waals surface area contributed by atoms with Crippen LogP contribution in [0, 0.1) is 0 Å². The summed E-state index contributed by atoms with van der Waals surface area (Å²) in [6, 6.07) is 0.242. The molecule has 0 N–H and O–H groups in total. The van der Waals surface area contributed by atoms with Crippen LogP contribution in [-0.4, -0.2) is 47.5 Å². The molecule has 0 aromatic rings. The van der Waals surface area contributed by atoms with Crippen molar-refractivity contribution < 1.29 is 8.42 Å². The molecule has 1 heterocycles. The molecule has 2 rings (SSSR count). The summed E-state index contributed by atoms with van der Waals surface area (Å²) in [5, 5.41) is 0. The van der Waals surface area contributed by atoms with Crippen LogP contribution in [-0.2, 0) is 10.2 Å². The molecule has 1 aliphatic heterocycles. The molecule has 2 aliphatic rings. The number of piperidine rings is 1. The van der Waals surface area contributed by atoms with Crippen LogP contribution in [0.3, 0.4) is 0 Å². The summed E-state index contributed by atoms with van der Waals surface area (Å²) >= 11 is 3.66. The molecule has 4 nitrogen and oxygen atoms in total. The first-order valence-corrected chi connectivity index (χ1v) is 9.64. The number of rotatable bonds is 3. The van der Waals surface area contributed by atoms with E-state index >= 15 is 0 Å². The van der Waals surface area contributed by atoms with Crippen LogP contribution in [0.2, 0.25) is 0 Å². The third-order valence-electron chi connectivity index (χ3n) is 4.52. The number of alkyl halides is 1. The molecule has 6 heteroatoms. The van der Waals surface area contributed by atoms with Crippen molar-refractivity contribution in [1.82, 2.24) is 8.61 Å². The second kappa shape index (κ2) is 6.41. The van der Waals surface area contributed by atoms with Gasteiger partial charge in [-0.15, -0.1) is 0 Å². The predicted octanol–water partition coefficient (Wildman–Crippen LogP) is 2.74. The Hall–Kier alpha value is 0.350. The molecule has 3 unspecified atom stereocenters. The van der Waals surface area contributed by atoms with Crippen molar-refractivity contribution in [1.29, 1.82) is 0 Å². The Morgan fingerprint density at radius 1 is 1.11 bits per heavy atom. The average Bonchev–Trinajstić information content (AvgIpc) is 2.39. The zero-order valence-electron chi connectivity index (χ0n) is 11.9. The monoisotopic (exact) mass is 352 g/mol. The van der Waals surface area contributed by atoms with Gasteiger partial charge < -0.3 is 0 Å². The minimum atomic E-state index is -3.31. The van der Waals surface area contributed by atoms with Gasteiger partial charge in [0.05, 0.1) is 0 Å². The molecule has 0 radical (unpaired) electrons. The molecule has 2 fully saturated rings. The van der Waals surface area contributed by atoms with Crippen LogP contribution in [0.25, 0.3) is 0 Å². The summed E-state index contributed by atoms with van der Waals surface area (Å²) in [4.78, 5) is 0.293. The Morgan fingerprint density at radius 3 is 2.37 bits per heavy atom. The fraction of sp³-hybridized carbons (Fsp3) is 1.00. The highest BCUT2D eigenvalue weighted by Gasteiger charge is 2.38. The van der Waals surface area contributed by atoms with E-state index in [1.807, 2.05) is 6.92 Å². The van der Waals surface area contributed by atoms with Gasteiger partial charge >= 0.3 is 0 Å². The summed E-state index contributed by atoms with van der Waals surface area (Å²) in [6.07, 6.45) is 7.47. The van der Waals surface area contributed by atoms with E-state index in [9.17, 15) is 8.42 Å². The van der Waals surface area contributed by atoms with E-state index in [0.29, 0.717) is 11.4 Å². The normalized spacial score (nSPS) is 34.6. The van der Waals surface area contributed by atoms with Gasteiger partial charge in [0.1, 0.15) is 0 Å². The van der Waals surface area contributed by atoms with Gasteiger partial charge in [0.25, 0.3) is 10.2 Å². The molecule has 0 amide bonds. The molecule has 0 aromatic heterocycles. The first kappa shape index (κ1) is 15.7. The second-order valence-electron chi connectivity index (χ2n) is 5.85. The average molecular weight is 353 g/mol. The molecule has 19 heavy (non-hydrogen) atoms. The van der Waals surface area contributed by atoms with E-state index in [1.165, 1.54) is 6.42 Å². The van der Waals surface area contributed by atoms with Gasteiger partial charge in [0.2, 0.25) is 0 Å². The molecule has 0 aromatic carbocycles. The van der Waals surface area contributed by atoms with Gasteiger partial charge in [-0.05, 0) is 32.6 Å². The number of hydrogen-bond acceptors (Lipinski definition) is 2. The van der Waals surface area contributed by atoms with E-state index < -0.39 is 10.2 Å². The minimum absolute atomic E-state index is 0.105. The van der Waals surface area contributed by atoms with Gasteiger partial charge in [0.15, 0.2) is 0 Å². The molecular weight excluding hydrogens is 328 g/mol. The van der Waals surface area contributed by atoms with Crippen LogP contribution in [0.4, 0.5) is 0 Å². The van der Waals surface area contributed by atoms with Crippen LogP contribution in [0.5, 0.6) is 0 Å². The Bertz CT molecular complexity index is 401. The van der Waals surface area contributed by atoms with E-state index in [-0.39, 0.29) is 12.1 Å². The van der Waals surface area contributed by atoms with Crippen LogP contribution >= 0.6 is 15.9 Å². The zero-order valence-corrected chi connectivity index (χ0v) is 14.3. The van der Waals surface area contributed by atoms with E-state index in [1.54, 1.807) is 15.7 Å². The quantitative estimate of drug-likeness (QED) is 0.732. The third-order valence-corrected chi connectivity index (χ3v) is 7.72. The lowest BCUT2D eigenvalue weighted by Gasteiger charge is -2.40. The highest BCUT2D eigenvalue weighted by Crippen LogP contribution is 2.31. The molecule has 0 bridgehead atoms. The predicted molar refractivity (Wildman–Crippen MR) is 81.7 cm³/mol. The van der Waals surface area contributed by atoms with Crippen molar-refractivity contribution in [3.05, 3.63) is 0 Å². The summed E-state index contributed by atoms with van der Waals surface area (Å²) in [7, 11) is -1.56. The summed E-state index contributed by atoms with van der Waals surface area (Å²) in [6.45, 7) is 2.70. The maximum Gasteiger partial charge on any atom is 0.282 e. The van der Waals surface area contributed by atoms with Gasteiger partial charge in [-0.25, -0.2) is 0 Å². The van der Waals surface area contributed by atoms with E-state index in [0.717, 1.165) is 38.5 Å². The minimum Gasteiger partial charge on any atom is -0.195 e. The van der Waals surface area contributed by atoms with E-state index in [4.69, 9.17) is 0 Å². The van der Waals surface area contributed by atoms with Crippen molar-refractivity contribution in [2.24, 2.45) is 0 Å². The topological polar surface area (TPSA) is 40.6 Å². The maximum atomic E-state index is 12.8. The Morgan fingerprint density at radius 2 is 1.74 bits per heavy atom. The van der Waals surface area contributed by atoms with E-state index in [2.05, 4.69) is 15.9 Å². The third kappa shape index (κ3) is 3.34. The van der Waals surface area contributed by atoms with Crippen molar-refractivity contribution in [2.45, 2.75) is 68.8 Å². The molecule has 112 valence electrons. The number of hydrogen-bond donors (Lipinski definition) is 0. The molecule has 1 saturated heterocycles. The molecule has 1 saturated carbocycles. The highest BCUT2D eigenvalue weighted by molar-refractivity contribution is 9.09. The number of nitrogens with zero attached hydrogens (tertiary/aromatic N) is 2. The van der Waals surface area contributed by atoms with Crippen molar-refractivity contribution in [3.8, 4) is 0 Å². The van der Waals surface area contributed by atoms with Crippen molar-refractivity contribution >= 4 is 26.1 Å². The zero-order chi connectivity index (χ0) is 14.0. The summed E-state index contributed by atoms with van der Waals surface area (Å²) in [5.74, 6) is 0. The molecule has 3 atom stereocenters. The van der Waals surface area contributed by atoms with Gasteiger partial charge in [0, 0.05) is 30.5 Å². The Kier molecular flexibility index (Phi) is 5.31. The lowest BCUT2D eigenvalue weighted by molar-refractivity contribution is 0.226. The first-order valence-electron chi connectivity index (χ1n) is 7.33. The highest BCUT2D eigenvalue weighted by atomic mass is 79.9. The Labute approximate surface area is 125 Å². The van der Waals surface area contributed by atoms with Gasteiger partial charge in [-0.2, -0.15) is 17.0 Å². The van der Waals surface area contributed by atoms with Crippen LogP contribution in [0.1, 0.15) is 51.9 Å². The smallest absolute Gasteiger partial charge is 0.195 e. The fourth-order valence-corrected chi connectivity index (χ4v) is 6.17. The molecule has 1 aliphatic carbocycles. The standard InChI is InChI=1S/C13H25BrN2O2S/c1-11-7-5-6-10-16(11)19(17,18)15(2)13-9-4-3-8-12(13)14/h11-13H,3-10H2,1-2H3.